The van der Waals surface area contributed by atoms with Crippen LogP contribution in [0, 0.1) is 0 Å². The van der Waals surface area contributed by atoms with Gasteiger partial charge in [-0.15, -0.1) is 0 Å². The quantitative estimate of drug-likeness (QED) is 0.404. The number of ether oxygens (including phenoxy) is 2. The molecule has 2 rings (SSSR count). The van der Waals surface area contributed by atoms with Crippen molar-refractivity contribution in [1.82, 2.24) is 15.0 Å². The molecule has 20 heavy (non-hydrogen) atoms. The summed E-state index contributed by atoms with van der Waals surface area (Å²) in [4.78, 5) is 12.1. The molecule has 9 nitrogen and oxygen atoms in total. The van der Waals surface area contributed by atoms with E-state index in [0.29, 0.717) is 19.6 Å². The fourth-order valence-corrected chi connectivity index (χ4v) is 1.93. The molecule has 2 unspecified atom stereocenters. The van der Waals surface area contributed by atoms with Crippen LogP contribution in [0.4, 0.5) is 11.9 Å². The number of nitrogen functional groups attached to an aromatic ring is 1. The zero-order chi connectivity index (χ0) is 14.6. The molecule has 2 heterocycles. The van der Waals surface area contributed by atoms with Crippen molar-refractivity contribution in [2.45, 2.75) is 32.0 Å². The van der Waals surface area contributed by atoms with Crippen LogP contribution in [0.1, 0.15) is 20.3 Å². The summed E-state index contributed by atoms with van der Waals surface area (Å²) in [6.45, 7) is 4.90. The van der Waals surface area contributed by atoms with Crippen molar-refractivity contribution in [3.05, 3.63) is 0 Å². The van der Waals surface area contributed by atoms with E-state index in [4.69, 9.17) is 15.3 Å². The minimum Gasteiger partial charge on any atom is -0.464 e. The first-order valence-electron chi connectivity index (χ1n) is 6.50. The lowest BCUT2D eigenvalue weighted by atomic mass is 9.97. The highest BCUT2D eigenvalue weighted by Crippen LogP contribution is 2.25. The number of aromatic nitrogens is 3. The summed E-state index contributed by atoms with van der Waals surface area (Å²) in [6, 6.07) is 0.167. The van der Waals surface area contributed by atoms with Crippen molar-refractivity contribution in [1.29, 1.82) is 0 Å². The number of hydrogen-bond donors (Lipinski definition) is 4. The third kappa shape index (κ3) is 3.24. The van der Waals surface area contributed by atoms with Crippen LogP contribution in [0.5, 0.6) is 6.01 Å². The average molecular weight is 284 g/mol. The number of nitrogens with one attached hydrogen (secondary N) is 2. The molecule has 5 N–H and O–H groups in total. The lowest BCUT2D eigenvalue weighted by Crippen LogP contribution is -2.43. The Bertz CT molecular complexity index is 460. The van der Waals surface area contributed by atoms with Gasteiger partial charge in [-0.1, -0.05) is 0 Å². The van der Waals surface area contributed by atoms with Gasteiger partial charge in [-0.25, -0.2) is 5.84 Å². The molecule has 1 aromatic heterocycles. The third-order valence-electron chi connectivity index (χ3n) is 3.23. The molecule has 0 amide bonds. The van der Waals surface area contributed by atoms with Crippen molar-refractivity contribution in [3.63, 3.8) is 0 Å². The van der Waals surface area contributed by atoms with E-state index < -0.39 is 5.60 Å². The highest BCUT2D eigenvalue weighted by Gasteiger charge is 2.39. The fourth-order valence-electron chi connectivity index (χ4n) is 1.93. The Morgan fingerprint density at radius 3 is 2.80 bits per heavy atom. The molecular weight excluding hydrogens is 264 g/mol. The van der Waals surface area contributed by atoms with Gasteiger partial charge in [0.25, 0.3) is 0 Å². The van der Waals surface area contributed by atoms with Gasteiger partial charge >= 0.3 is 6.01 Å². The SMILES string of the molecule is CCOc1nc(NN)nc(NCC2(O)CCOC2C)n1. The van der Waals surface area contributed by atoms with Crippen LogP contribution >= 0.6 is 0 Å². The second kappa shape index (κ2) is 6.16. The standard InChI is InChI=1S/C11H20N6O3/c1-3-19-10-15-8(14-9(16-10)17-12)13-6-11(18)4-5-20-7(11)2/h7,18H,3-6,12H2,1-2H3,(H2,13,14,15,16,17). The van der Waals surface area contributed by atoms with Gasteiger partial charge in [0.15, 0.2) is 0 Å². The van der Waals surface area contributed by atoms with Crippen molar-refractivity contribution in [3.8, 4) is 6.01 Å². The average Bonchev–Trinajstić information content (AvgIpc) is 2.77. The first kappa shape index (κ1) is 14.7. The topological polar surface area (TPSA) is 127 Å². The summed E-state index contributed by atoms with van der Waals surface area (Å²) in [5, 5.41) is 13.4. The van der Waals surface area contributed by atoms with Gasteiger partial charge in [0.1, 0.15) is 5.60 Å². The Labute approximate surface area is 116 Å². The first-order chi connectivity index (χ1) is 9.57. The molecular formula is C11H20N6O3. The molecule has 1 saturated heterocycles. The maximum atomic E-state index is 10.4. The molecule has 0 bridgehead atoms. The van der Waals surface area contributed by atoms with E-state index in [1.165, 1.54) is 0 Å². The fraction of sp³-hybridized carbons (Fsp3) is 0.727. The van der Waals surface area contributed by atoms with Crippen molar-refractivity contribution < 1.29 is 14.6 Å². The number of rotatable bonds is 6. The van der Waals surface area contributed by atoms with E-state index in [1.807, 2.05) is 13.8 Å². The zero-order valence-corrected chi connectivity index (χ0v) is 11.6. The summed E-state index contributed by atoms with van der Waals surface area (Å²) in [5.74, 6) is 5.76. The second-order valence-electron chi connectivity index (χ2n) is 4.56. The van der Waals surface area contributed by atoms with Crippen LogP contribution in [0.25, 0.3) is 0 Å². The second-order valence-corrected chi connectivity index (χ2v) is 4.56. The van der Waals surface area contributed by atoms with Crippen LogP contribution < -0.4 is 21.3 Å². The predicted octanol–water partition coefficient (Wildman–Crippen LogP) is -0.492. The number of nitrogens with zero attached hydrogens (tertiary/aromatic N) is 3. The lowest BCUT2D eigenvalue weighted by molar-refractivity contribution is -0.0177. The minimum atomic E-state index is -0.936. The van der Waals surface area contributed by atoms with E-state index in [1.54, 1.807) is 0 Å². The molecule has 0 aromatic carbocycles. The molecule has 112 valence electrons. The van der Waals surface area contributed by atoms with E-state index >= 15 is 0 Å². The van der Waals surface area contributed by atoms with E-state index in [9.17, 15) is 5.11 Å². The Morgan fingerprint density at radius 1 is 1.45 bits per heavy atom. The van der Waals surface area contributed by atoms with Crippen LogP contribution in [-0.2, 0) is 4.74 Å². The van der Waals surface area contributed by atoms with Gasteiger partial charge in [0, 0.05) is 19.6 Å². The van der Waals surface area contributed by atoms with Crippen molar-refractivity contribution in [2.75, 3.05) is 30.5 Å². The van der Waals surface area contributed by atoms with E-state index in [0.717, 1.165) is 0 Å². The summed E-state index contributed by atoms with van der Waals surface area (Å²) in [6.07, 6.45) is 0.322. The monoisotopic (exact) mass is 284 g/mol. The van der Waals surface area contributed by atoms with Crippen LogP contribution in [-0.4, -0.2) is 51.5 Å². The van der Waals surface area contributed by atoms with Gasteiger partial charge < -0.3 is 19.9 Å². The van der Waals surface area contributed by atoms with Crippen LogP contribution in [0.2, 0.25) is 0 Å². The highest BCUT2D eigenvalue weighted by molar-refractivity contribution is 5.35. The number of aliphatic hydroxyl groups is 1. The zero-order valence-electron chi connectivity index (χ0n) is 11.6. The molecule has 1 aromatic rings. The molecule has 0 spiro atoms. The minimum absolute atomic E-state index is 0.167. The largest absolute Gasteiger partial charge is 0.464 e. The molecule has 1 aliphatic heterocycles. The van der Waals surface area contributed by atoms with E-state index in [2.05, 4.69) is 25.7 Å². The Morgan fingerprint density at radius 2 is 2.20 bits per heavy atom. The molecule has 0 aliphatic carbocycles. The molecule has 0 radical (unpaired) electrons. The Balaban J connectivity index is 2.06. The van der Waals surface area contributed by atoms with Gasteiger partial charge in [0.05, 0.1) is 12.7 Å². The summed E-state index contributed by atoms with van der Waals surface area (Å²) in [5.41, 5.74) is 1.41. The predicted molar refractivity (Wildman–Crippen MR) is 72.3 cm³/mol. The number of hydrogen-bond acceptors (Lipinski definition) is 9. The number of anilines is 2. The third-order valence-corrected chi connectivity index (χ3v) is 3.23. The van der Waals surface area contributed by atoms with Gasteiger partial charge in [-0.3, -0.25) is 5.43 Å². The molecule has 0 saturated carbocycles. The molecule has 1 fully saturated rings. The summed E-state index contributed by atoms with van der Waals surface area (Å²) in [7, 11) is 0. The first-order valence-corrected chi connectivity index (χ1v) is 6.50. The Kier molecular flexibility index (Phi) is 4.53. The maximum Gasteiger partial charge on any atom is 0.323 e. The molecule has 2 atom stereocenters. The molecule has 1 aliphatic rings. The number of nitrogens with two attached hydrogens (primary N) is 1. The van der Waals surface area contributed by atoms with Crippen LogP contribution in [0.15, 0.2) is 0 Å². The highest BCUT2D eigenvalue weighted by atomic mass is 16.5. The van der Waals surface area contributed by atoms with Gasteiger partial charge in [0.2, 0.25) is 11.9 Å². The normalized spacial score (nSPS) is 25.5. The van der Waals surface area contributed by atoms with Crippen molar-refractivity contribution >= 4 is 11.9 Å². The van der Waals surface area contributed by atoms with Gasteiger partial charge in [-0.05, 0) is 13.8 Å². The molecule has 9 heteroatoms. The lowest BCUT2D eigenvalue weighted by Gasteiger charge is -2.26. The van der Waals surface area contributed by atoms with Crippen LogP contribution in [0.3, 0.4) is 0 Å². The number of hydrazine groups is 1. The smallest absolute Gasteiger partial charge is 0.323 e. The van der Waals surface area contributed by atoms with Crippen molar-refractivity contribution in [2.24, 2.45) is 5.84 Å². The van der Waals surface area contributed by atoms with E-state index in [-0.39, 0.29) is 30.6 Å². The van der Waals surface area contributed by atoms with Gasteiger partial charge in [-0.2, -0.15) is 15.0 Å². The summed E-state index contributed by atoms with van der Waals surface area (Å²) < 4.78 is 10.6. The maximum absolute atomic E-state index is 10.4. The Hall–Kier alpha value is -1.71. The summed E-state index contributed by atoms with van der Waals surface area (Å²) >= 11 is 0.